The van der Waals surface area contributed by atoms with E-state index in [0.29, 0.717) is 19.8 Å². The van der Waals surface area contributed by atoms with Crippen molar-refractivity contribution >= 4 is 6.09 Å². The summed E-state index contributed by atoms with van der Waals surface area (Å²) in [7, 11) is 0. The molecule has 178 valence electrons. The van der Waals surface area contributed by atoms with Crippen LogP contribution in [0.5, 0.6) is 0 Å². The number of unbranched alkanes of at least 4 members (excludes halogenated alkanes) is 4. The van der Waals surface area contributed by atoms with Crippen LogP contribution >= 0.6 is 0 Å². The Balaban J connectivity index is 1.21. The normalized spacial score (nSPS) is 20.9. The Morgan fingerprint density at radius 3 is 2.41 bits per heavy atom. The number of ether oxygens (including phenoxy) is 2. The van der Waals surface area contributed by atoms with Crippen LogP contribution in [0.2, 0.25) is 0 Å². The van der Waals surface area contributed by atoms with Gasteiger partial charge < -0.3 is 9.47 Å². The van der Waals surface area contributed by atoms with E-state index in [1.807, 2.05) is 11.0 Å². The first-order valence-electron chi connectivity index (χ1n) is 12.8. The molecule has 2 aromatic rings. The standard InChI is InChI=1S/C30H35NO3/c1-2-3-4-5-6-7-12-22-17-23-19-33-20-24(18-22)31(23)30(32)34-21-29-27-15-10-8-13-25(27)26-14-9-11-16-28(26)29/h2,8-11,13-17,23-24,29H,1,3-7,12,18-21H2. The molecule has 1 fully saturated rings. The number of carbonyl (C=O) groups excluding carboxylic acids is 1. The van der Waals surface area contributed by atoms with Crippen LogP contribution in [0, 0.1) is 0 Å². The fourth-order valence-corrected chi connectivity index (χ4v) is 5.82. The predicted molar refractivity (Wildman–Crippen MR) is 136 cm³/mol. The number of rotatable bonds is 9. The molecule has 2 aromatic carbocycles. The molecule has 0 aromatic heterocycles. The van der Waals surface area contributed by atoms with Gasteiger partial charge in [0.25, 0.3) is 0 Å². The Hall–Kier alpha value is -2.85. The van der Waals surface area contributed by atoms with Crippen molar-refractivity contribution in [2.75, 3.05) is 19.8 Å². The van der Waals surface area contributed by atoms with E-state index in [0.717, 1.165) is 19.3 Å². The molecule has 2 unspecified atom stereocenters. The van der Waals surface area contributed by atoms with Gasteiger partial charge in [0.15, 0.2) is 0 Å². The molecule has 4 heteroatoms. The van der Waals surface area contributed by atoms with Crippen LogP contribution in [-0.4, -0.2) is 42.9 Å². The van der Waals surface area contributed by atoms with Crippen LogP contribution in [0.1, 0.15) is 62.0 Å². The number of benzene rings is 2. The van der Waals surface area contributed by atoms with Gasteiger partial charge in [0, 0.05) is 5.92 Å². The second-order valence-corrected chi connectivity index (χ2v) is 9.74. The Bertz CT molecular complexity index is 1010. The van der Waals surface area contributed by atoms with Crippen LogP contribution < -0.4 is 0 Å². The van der Waals surface area contributed by atoms with Crippen molar-refractivity contribution in [3.05, 3.63) is 84.0 Å². The second kappa shape index (κ2) is 10.6. The maximum absolute atomic E-state index is 13.3. The van der Waals surface area contributed by atoms with Crippen LogP contribution in [0.25, 0.3) is 11.1 Å². The number of morpholine rings is 1. The smallest absolute Gasteiger partial charge is 0.410 e. The lowest BCUT2D eigenvalue weighted by molar-refractivity contribution is -0.0365. The SMILES string of the molecule is C=CCCCCCCC1=CC2COCC(C1)N2C(=O)OCC1c2ccccc2-c2ccccc21. The summed E-state index contributed by atoms with van der Waals surface area (Å²) in [6, 6.07) is 17.0. The summed E-state index contributed by atoms with van der Waals surface area (Å²) in [6.45, 7) is 5.32. The fraction of sp³-hybridized carbons (Fsp3) is 0.433. The Labute approximate surface area is 203 Å². The number of carbonyl (C=O) groups is 1. The first-order valence-corrected chi connectivity index (χ1v) is 12.8. The van der Waals surface area contributed by atoms with Gasteiger partial charge >= 0.3 is 6.09 Å². The zero-order chi connectivity index (χ0) is 23.3. The van der Waals surface area contributed by atoms with Crippen molar-refractivity contribution in [2.45, 2.75) is 62.9 Å². The summed E-state index contributed by atoms with van der Waals surface area (Å²) in [5.41, 5.74) is 6.46. The van der Waals surface area contributed by atoms with E-state index in [1.54, 1.807) is 0 Å². The number of hydrogen-bond donors (Lipinski definition) is 0. The lowest BCUT2D eigenvalue weighted by atomic mass is 9.91. The summed E-state index contributed by atoms with van der Waals surface area (Å²) < 4.78 is 11.8. The Morgan fingerprint density at radius 2 is 1.71 bits per heavy atom. The van der Waals surface area contributed by atoms with Crippen LogP contribution in [0.3, 0.4) is 0 Å². The molecule has 1 aliphatic carbocycles. The van der Waals surface area contributed by atoms with E-state index in [4.69, 9.17) is 9.47 Å². The first kappa shape index (κ1) is 22.9. The van der Waals surface area contributed by atoms with Gasteiger partial charge in [0.1, 0.15) is 6.61 Å². The molecule has 2 bridgehead atoms. The maximum atomic E-state index is 13.3. The average molecular weight is 458 g/mol. The van der Waals surface area contributed by atoms with Gasteiger partial charge in [-0.05, 0) is 54.4 Å². The quantitative estimate of drug-likeness (QED) is 0.305. The third-order valence-corrected chi connectivity index (χ3v) is 7.48. The van der Waals surface area contributed by atoms with Crippen LogP contribution in [0.15, 0.2) is 72.8 Å². The van der Waals surface area contributed by atoms with E-state index in [1.165, 1.54) is 53.5 Å². The van der Waals surface area contributed by atoms with Gasteiger partial charge in [-0.1, -0.05) is 79.1 Å². The van der Waals surface area contributed by atoms with Gasteiger partial charge in [-0.25, -0.2) is 4.79 Å². The fourth-order valence-electron chi connectivity index (χ4n) is 5.82. The van der Waals surface area contributed by atoms with E-state index in [-0.39, 0.29) is 24.1 Å². The van der Waals surface area contributed by atoms with E-state index < -0.39 is 0 Å². The van der Waals surface area contributed by atoms with Crippen molar-refractivity contribution in [1.82, 2.24) is 4.90 Å². The summed E-state index contributed by atoms with van der Waals surface area (Å²) >= 11 is 0. The molecule has 34 heavy (non-hydrogen) atoms. The van der Waals surface area contributed by atoms with Gasteiger partial charge in [-0.3, -0.25) is 4.90 Å². The minimum Gasteiger partial charge on any atom is -0.448 e. The van der Waals surface area contributed by atoms with Gasteiger partial charge in [0.05, 0.1) is 25.3 Å². The topological polar surface area (TPSA) is 38.8 Å². The predicted octanol–water partition coefficient (Wildman–Crippen LogP) is 6.86. The Kier molecular flexibility index (Phi) is 7.15. The summed E-state index contributed by atoms with van der Waals surface area (Å²) in [4.78, 5) is 15.2. The summed E-state index contributed by atoms with van der Waals surface area (Å²) in [5, 5.41) is 0. The zero-order valence-corrected chi connectivity index (χ0v) is 20.0. The molecule has 2 heterocycles. The van der Waals surface area contributed by atoms with Gasteiger partial charge in [-0.15, -0.1) is 6.58 Å². The molecule has 0 spiro atoms. The van der Waals surface area contributed by atoms with E-state index in [2.05, 4.69) is 61.2 Å². The molecular formula is C30H35NO3. The summed E-state index contributed by atoms with van der Waals surface area (Å²) in [5.74, 6) is 0.0874. The van der Waals surface area contributed by atoms with Crippen LogP contribution in [0.4, 0.5) is 4.79 Å². The highest BCUT2D eigenvalue weighted by atomic mass is 16.6. The molecule has 0 radical (unpaired) electrons. The monoisotopic (exact) mass is 457 g/mol. The second-order valence-electron chi connectivity index (χ2n) is 9.74. The molecule has 3 aliphatic rings. The van der Waals surface area contributed by atoms with Gasteiger partial charge in [0.2, 0.25) is 0 Å². The van der Waals surface area contributed by atoms with Crippen molar-refractivity contribution in [3.8, 4) is 11.1 Å². The van der Waals surface area contributed by atoms with Gasteiger partial charge in [-0.2, -0.15) is 0 Å². The number of hydrogen-bond acceptors (Lipinski definition) is 3. The lowest BCUT2D eigenvalue weighted by Crippen LogP contribution is -2.56. The van der Waals surface area contributed by atoms with Crippen molar-refractivity contribution < 1.29 is 14.3 Å². The van der Waals surface area contributed by atoms with Crippen molar-refractivity contribution in [3.63, 3.8) is 0 Å². The third kappa shape index (κ3) is 4.69. The summed E-state index contributed by atoms with van der Waals surface area (Å²) in [6.07, 6.45) is 12.2. The highest BCUT2D eigenvalue weighted by Gasteiger charge is 2.39. The highest BCUT2D eigenvalue weighted by Crippen LogP contribution is 2.44. The minimum absolute atomic E-state index is 0.0149. The largest absolute Gasteiger partial charge is 0.448 e. The third-order valence-electron chi connectivity index (χ3n) is 7.48. The Morgan fingerprint density at radius 1 is 1.00 bits per heavy atom. The maximum Gasteiger partial charge on any atom is 0.410 e. The minimum atomic E-state index is -0.208. The number of fused-ring (bicyclic) bond motifs is 5. The lowest BCUT2D eigenvalue weighted by Gasteiger charge is -2.44. The van der Waals surface area contributed by atoms with E-state index in [9.17, 15) is 4.79 Å². The number of amides is 1. The number of allylic oxidation sites excluding steroid dienone is 1. The molecule has 5 rings (SSSR count). The van der Waals surface area contributed by atoms with Crippen molar-refractivity contribution in [2.24, 2.45) is 0 Å². The van der Waals surface area contributed by atoms with Crippen LogP contribution in [-0.2, 0) is 9.47 Å². The molecular weight excluding hydrogens is 422 g/mol. The van der Waals surface area contributed by atoms with Crippen molar-refractivity contribution in [1.29, 1.82) is 0 Å². The molecule has 4 nitrogen and oxygen atoms in total. The molecule has 0 saturated carbocycles. The number of nitrogens with zero attached hydrogens (tertiary/aromatic N) is 1. The zero-order valence-electron chi connectivity index (χ0n) is 20.0. The average Bonchev–Trinajstić information content (AvgIpc) is 3.18. The molecule has 2 atom stereocenters. The molecule has 0 N–H and O–H groups in total. The first-order chi connectivity index (χ1) is 16.8. The molecule has 1 saturated heterocycles. The highest BCUT2D eigenvalue weighted by molar-refractivity contribution is 5.79. The van der Waals surface area contributed by atoms with E-state index >= 15 is 0 Å². The molecule has 1 amide bonds. The molecule has 2 aliphatic heterocycles.